The molecular formula is C36H42N8O4Si. The molecule has 0 radical (unpaired) electrons. The number of hydrogen-bond donors (Lipinski definition) is 2. The molecule has 0 spiro atoms. The molecule has 4 aromatic heterocycles. The summed E-state index contributed by atoms with van der Waals surface area (Å²) in [6.07, 6.45) is 5.18. The van der Waals surface area contributed by atoms with E-state index >= 15 is 0 Å². The summed E-state index contributed by atoms with van der Waals surface area (Å²) in [5.41, 5.74) is 4.13. The summed E-state index contributed by atoms with van der Waals surface area (Å²) in [5, 5.41) is 19.8. The van der Waals surface area contributed by atoms with Gasteiger partial charge >= 0.3 is 0 Å². The first-order valence-corrected chi connectivity index (χ1v) is 19.9. The fourth-order valence-corrected chi connectivity index (χ4v) is 6.60. The van der Waals surface area contributed by atoms with Crippen molar-refractivity contribution in [3.63, 3.8) is 0 Å². The number of aryl methyl sites for hydroxylation is 1. The SMILES string of the molecule is Cc1ccn2nc([C@H](C)Nc3ncnc4c3c(-c3cc(O)cc(C(=O)N(C)C)c3)cn4COCC[Si](C)(C)C)n(-c3ccccc3)c(=O)c12. The molecule has 6 rings (SSSR count). The molecule has 1 atom stereocenters. The highest BCUT2D eigenvalue weighted by Crippen LogP contribution is 2.37. The number of nitrogens with one attached hydrogen (secondary N) is 1. The van der Waals surface area contributed by atoms with Gasteiger partial charge in [-0.15, -0.1) is 0 Å². The summed E-state index contributed by atoms with van der Waals surface area (Å²) in [5.74, 6) is 0.702. The minimum Gasteiger partial charge on any atom is -0.508 e. The summed E-state index contributed by atoms with van der Waals surface area (Å²) >= 11 is 0. The molecule has 254 valence electrons. The van der Waals surface area contributed by atoms with E-state index in [0.717, 1.165) is 11.6 Å². The van der Waals surface area contributed by atoms with Crippen LogP contribution in [0.25, 0.3) is 33.4 Å². The summed E-state index contributed by atoms with van der Waals surface area (Å²) < 4.78 is 11.3. The number of anilines is 1. The van der Waals surface area contributed by atoms with Gasteiger partial charge in [-0.2, -0.15) is 5.10 Å². The molecule has 1 amide bonds. The van der Waals surface area contributed by atoms with Crippen molar-refractivity contribution in [1.82, 2.24) is 33.6 Å². The Balaban J connectivity index is 1.48. The van der Waals surface area contributed by atoms with Gasteiger partial charge in [0.1, 0.15) is 35.8 Å². The number of carbonyl (C=O) groups is 1. The highest BCUT2D eigenvalue weighted by molar-refractivity contribution is 6.76. The van der Waals surface area contributed by atoms with E-state index in [-0.39, 0.29) is 23.9 Å². The first-order valence-electron chi connectivity index (χ1n) is 16.2. The zero-order valence-corrected chi connectivity index (χ0v) is 29.9. The number of phenolic OH excluding ortho intramolecular Hbond substituents is 1. The zero-order valence-electron chi connectivity index (χ0n) is 28.9. The number of rotatable bonds is 11. The third kappa shape index (κ3) is 6.85. The number of fused-ring (bicyclic) bond motifs is 2. The average Bonchev–Trinajstić information content (AvgIpc) is 3.63. The van der Waals surface area contributed by atoms with Crippen molar-refractivity contribution in [1.29, 1.82) is 0 Å². The number of hydrogen-bond acceptors (Lipinski definition) is 8. The monoisotopic (exact) mass is 678 g/mol. The highest BCUT2D eigenvalue weighted by atomic mass is 28.3. The van der Waals surface area contributed by atoms with Gasteiger partial charge in [0.25, 0.3) is 11.5 Å². The first kappa shape index (κ1) is 33.6. The van der Waals surface area contributed by atoms with Crippen LogP contribution in [0.3, 0.4) is 0 Å². The largest absolute Gasteiger partial charge is 0.508 e. The van der Waals surface area contributed by atoms with Gasteiger partial charge in [-0.1, -0.05) is 37.8 Å². The van der Waals surface area contributed by atoms with Gasteiger partial charge in [0.15, 0.2) is 5.82 Å². The lowest BCUT2D eigenvalue weighted by atomic mass is 10.0. The van der Waals surface area contributed by atoms with Crippen molar-refractivity contribution in [2.24, 2.45) is 0 Å². The van der Waals surface area contributed by atoms with Crippen molar-refractivity contribution in [2.45, 2.75) is 52.3 Å². The Labute approximate surface area is 285 Å². The summed E-state index contributed by atoms with van der Waals surface area (Å²) in [7, 11) is 2.03. The molecule has 0 aliphatic rings. The lowest BCUT2D eigenvalue weighted by Crippen LogP contribution is -2.29. The van der Waals surface area contributed by atoms with E-state index in [1.54, 1.807) is 41.5 Å². The van der Waals surface area contributed by atoms with Crippen LogP contribution in [0.4, 0.5) is 5.82 Å². The molecule has 0 bridgehead atoms. The van der Waals surface area contributed by atoms with Crippen LogP contribution in [0.15, 0.2) is 78.1 Å². The van der Waals surface area contributed by atoms with E-state index in [0.29, 0.717) is 57.2 Å². The van der Waals surface area contributed by atoms with Gasteiger partial charge < -0.3 is 24.6 Å². The van der Waals surface area contributed by atoms with Crippen molar-refractivity contribution in [3.8, 4) is 22.6 Å². The van der Waals surface area contributed by atoms with Crippen LogP contribution in [0, 0.1) is 6.92 Å². The molecule has 0 unspecified atom stereocenters. The van der Waals surface area contributed by atoms with Gasteiger partial charge in [0.05, 0.1) is 17.1 Å². The van der Waals surface area contributed by atoms with E-state index in [2.05, 4.69) is 34.9 Å². The Bertz CT molecular complexity index is 2220. The predicted octanol–water partition coefficient (Wildman–Crippen LogP) is 6.10. The fraction of sp³-hybridized carbons (Fsp3) is 0.306. The van der Waals surface area contributed by atoms with Crippen LogP contribution in [0.2, 0.25) is 25.7 Å². The Kier molecular flexibility index (Phi) is 9.14. The minimum absolute atomic E-state index is 0.0406. The second-order valence-corrected chi connectivity index (χ2v) is 19.4. The molecule has 13 heteroatoms. The molecule has 0 aliphatic carbocycles. The summed E-state index contributed by atoms with van der Waals surface area (Å²) in [4.78, 5) is 37.7. The van der Waals surface area contributed by atoms with E-state index in [1.165, 1.54) is 17.3 Å². The number of carbonyl (C=O) groups excluding carboxylic acids is 1. The van der Waals surface area contributed by atoms with Gasteiger partial charge in [0.2, 0.25) is 0 Å². The Morgan fingerprint density at radius 1 is 1.08 bits per heavy atom. The molecule has 2 aromatic carbocycles. The zero-order chi connectivity index (χ0) is 35.0. The van der Waals surface area contributed by atoms with Crippen molar-refractivity contribution < 1.29 is 14.6 Å². The second-order valence-electron chi connectivity index (χ2n) is 13.7. The number of aromatic nitrogens is 6. The Morgan fingerprint density at radius 3 is 2.55 bits per heavy atom. The van der Waals surface area contributed by atoms with Crippen molar-refractivity contribution >= 4 is 36.3 Å². The fourth-order valence-electron chi connectivity index (χ4n) is 5.85. The second kappa shape index (κ2) is 13.3. The lowest BCUT2D eigenvalue weighted by molar-refractivity contribution is 0.0827. The minimum atomic E-state index is -1.30. The summed E-state index contributed by atoms with van der Waals surface area (Å²) in [6, 6.07) is 16.7. The van der Waals surface area contributed by atoms with Crippen LogP contribution in [0.5, 0.6) is 5.75 Å². The molecule has 0 saturated heterocycles. The number of aromatic hydroxyl groups is 1. The number of phenols is 1. The molecule has 4 heterocycles. The molecule has 49 heavy (non-hydrogen) atoms. The van der Waals surface area contributed by atoms with E-state index in [4.69, 9.17) is 9.84 Å². The Hall–Kier alpha value is -5.27. The van der Waals surface area contributed by atoms with Crippen LogP contribution in [-0.4, -0.2) is 73.4 Å². The topological polar surface area (TPSA) is 132 Å². The molecule has 0 saturated carbocycles. The number of ether oxygens (including phenoxy) is 1. The molecule has 2 N–H and O–H groups in total. The molecular weight excluding hydrogens is 637 g/mol. The predicted molar refractivity (Wildman–Crippen MR) is 194 cm³/mol. The number of benzene rings is 2. The number of amides is 1. The van der Waals surface area contributed by atoms with Gasteiger partial charge in [-0.25, -0.2) is 14.5 Å². The first-order chi connectivity index (χ1) is 23.3. The van der Waals surface area contributed by atoms with Crippen LogP contribution >= 0.6 is 0 Å². The maximum atomic E-state index is 14.0. The van der Waals surface area contributed by atoms with E-state index in [1.807, 2.05) is 61.0 Å². The van der Waals surface area contributed by atoms with Gasteiger partial charge in [-0.05, 0) is 67.4 Å². The third-order valence-corrected chi connectivity index (χ3v) is 10.1. The highest BCUT2D eigenvalue weighted by Gasteiger charge is 2.24. The third-order valence-electron chi connectivity index (χ3n) is 8.43. The van der Waals surface area contributed by atoms with Crippen LogP contribution in [-0.2, 0) is 11.5 Å². The summed E-state index contributed by atoms with van der Waals surface area (Å²) in [6.45, 7) is 11.6. The normalized spacial score (nSPS) is 12.5. The molecule has 0 fully saturated rings. The standard InChI is InChI=1S/C36H42N8O4Si/c1-23-13-14-43-31(23)36(47)44(27-11-9-8-10-12-27)33(40-43)24(2)39-32-30-29(25-17-26(19-28(45)18-25)35(46)41(3)4)20-42(34(30)38-21-37-32)22-48-15-16-49(5,6)7/h8-14,17-21,24,45H,15-16,22H2,1-7H3,(H,37,38,39)/t24-/m0/s1. The van der Waals surface area contributed by atoms with Gasteiger partial charge in [-0.3, -0.25) is 14.2 Å². The molecule has 6 aromatic rings. The maximum absolute atomic E-state index is 14.0. The van der Waals surface area contributed by atoms with Crippen molar-refractivity contribution in [2.75, 3.05) is 26.0 Å². The quantitative estimate of drug-likeness (QED) is 0.124. The lowest BCUT2D eigenvalue weighted by Gasteiger charge is -2.20. The van der Waals surface area contributed by atoms with Crippen LogP contribution in [0.1, 0.15) is 34.7 Å². The van der Waals surface area contributed by atoms with Crippen LogP contribution < -0.4 is 10.9 Å². The average molecular weight is 679 g/mol. The van der Waals surface area contributed by atoms with E-state index < -0.39 is 14.1 Å². The molecule has 0 aliphatic heterocycles. The maximum Gasteiger partial charge on any atom is 0.282 e. The van der Waals surface area contributed by atoms with Gasteiger partial charge in [0, 0.05) is 52.3 Å². The molecule has 12 nitrogen and oxygen atoms in total. The smallest absolute Gasteiger partial charge is 0.282 e. The number of nitrogens with zero attached hydrogens (tertiary/aromatic N) is 7. The van der Waals surface area contributed by atoms with Crippen molar-refractivity contribution in [3.05, 3.63) is 101 Å². The Morgan fingerprint density at radius 2 is 1.84 bits per heavy atom. The number of para-hydroxylation sites is 1. The van der Waals surface area contributed by atoms with E-state index in [9.17, 15) is 14.7 Å².